The van der Waals surface area contributed by atoms with Crippen LogP contribution in [0.5, 0.6) is 0 Å². The number of hydrogen-bond donors (Lipinski definition) is 3. The second-order valence-electron chi connectivity index (χ2n) is 4.79. The SMILES string of the molecule is O=C(NC1CCS(=O)(=O)CC1)C1CC(O)CN1. The van der Waals surface area contributed by atoms with E-state index in [4.69, 9.17) is 0 Å². The van der Waals surface area contributed by atoms with Gasteiger partial charge in [-0.1, -0.05) is 0 Å². The molecule has 2 saturated heterocycles. The van der Waals surface area contributed by atoms with Crippen LogP contribution in [0.2, 0.25) is 0 Å². The molecule has 2 unspecified atom stereocenters. The number of aliphatic hydroxyl groups is 1. The molecule has 0 bridgehead atoms. The van der Waals surface area contributed by atoms with Crippen molar-refractivity contribution in [1.82, 2.24) is 10.6 Å². The van der Waals surface area contributed by atoms with Crippen LogP contribution in [0.25, 0.3) is 0 Å². The molecule has 0 saturated carbocycles. The molecule has 0 radical (unpaired) electrons. The van der Waals surface area contributed by atoms with E-state index in [-0.39, 0.29) is 29.5 Å². The minimum absolute atomic E-state index is 0.0504. The first-order valence-corrected chi connectivity index (χ1v) is 7.71. The summed E-state index contributed by atoms with van der Waals surface area (Å²) in [7, 11) is -2.89. The van der Waals surface area contributed by atoms with E-state index in [9.17, 15) is 18.3 Å². The maximum atomic E-state index is 11.8. The zero-order chi connectivity index (χ0) is 12.5. The zero-order valence-corrected chi connectivity index (χ0v) is 10.4. The van der Waals surface area contributed by atoms with Crippen LogP contribution in [-0.2, 0) is 14.6 Å². The summed E-state index contributed by atoms with van der Waals surface area (Å²) >= 11 is 0. The number of rotatable bonds is 2. The van der Waals surface area contributed by atoms with Crippen molar-refractivity contribution in [3.63, 3.8) is 0 Å². The second kappa shape index (κ2) is 4.91. The van der Waals surface area contributed by atoms with Gasteiger partial charge in [0.25, 0.3) is 0 Å². The van der Waals surface area contributed by atoms with Crippen LogP contribution in [0.1, 0.15) is 19.3 Å². The lowest BCUT2D eigenvalue weighted by Crippen LogP contribution is -2.47. The van der Waals surface area contributed by atoms with Gasteiger partial charge in [-0.2, -0.15) is 0 Å². The molecule has 7 heteroatoms. The van der Waals surface area contributed by atoms with Crippen LogP contribution >= 0.6 is 0 Å². The van der Waals surface area contributed by atoms with Gasteiger partial charge in [-0.15, -0.1) is 0 Å². The lowest BCUT2D eigenvalue weighted by atomic mass is 10.1. The van der Waals surface area contributed by atoms with Gasteiger partial charge in [0.15, 0.2) is 0 Å². The number of amides is 1. The highest BCUT2D eigenvalue weighted by Gasteiger charge is 2.31. The highest BCUT2D eigenvalue weighted by molar-refractivity contribution is 7.91. The average Bonchev–Trinajstić information content (AvgIpc) is 2.68. The topological polar surface area (TPSA) is 95.5 Å². The Hall–Kier alpha value is -0.660. The van der Waals surface area contributed by atoms with Crippen molar-refractivity contribution >= 4 is 15.7 Å². The Labute approximate surface area is 101 Å². The first-order valence-electron chi connectivity index (χ1n) is 5.88. The summed E-state index contributed by atoms with van der Waals surface area (Å²) in [5, 5.41) is 15.1. The number of β-amino-alcohol motifs (C(OH)–C–C–N with tert-alkyl or cyclic N) is 1. The Bertz CT molecular complexity index is 381. The van der Waals surface area contributed by atoms with Crippen molar-refractivity contribution < 1.29 is 18.3 Å². The molecule has 2 heterocycles. The maximum Gasteiger partial charge on any atom is 0.237 e. The second-order valence-corrected chi connectivity index (χ2v) is 7.09. The highest BCUT2D eigenvalue weighted by Crippen LogP contribution is 2.13. The molecule has 2 aliphatic rings. The molecule has 3 N–H and O–H groups in total. The van der Waals surface area contributed by atoms with Gasteiger partial charge >= 0.3 is 0 Å². The summed E-state index contributed by atoms with van der Waals surface area (Å²) in [5.74, 6) is 0.169. The van der Waals surface area contributed by atoms with Crippen molar-refractivity contribution in [3.05, 3.63) is 0 Å². The Morgan fingerprint density at radius 2 is 1.94 bits per heavy atom. The van der Waals surface area contributed by atoms with Crippen molar-refractivity contribution in [1.29, 1.82) is 0 Å². The lowest BCUT2D eigenvalue weighted by molar-refractivity contribution is -0.123. The third kappa shape index (κ3) is 3.40. The molecular formula is C10H18N2O4S. The molecule has 1 amide bonds. The van der Waals surface area contributed by atoms with Gasteiger partial charge in [-0.25, -0.2) is 8.42 Å². The van der Waals surface area contributed by atoms with Crippen LogP contribution in [-0.4, -0.2) is 55.7 Å². The first kappa shape index (κ1) is 12.8. The quantitative estimate of drug-likeness (QED) is 0.557. The fourth-order valence-electron chi connectivity index (χ4n) is 2.25. The van der Waals surface area contributed by atoms with Gasteiger partial charge in [0.05, 0.1) is 23.7 Å². The van der Waals surface area contributed by atoms with E-state index in [1.165, 1.54) is 0 Å². The van der Waals surface area contributed by atoms with Crippen LogP contribution < -0.4 is 10.6 Å². The molecular weight excluding hydrogens is 244 g/mol. The van der Waals surface area contributed by atoms with Gasteiger partial charge in [-0.3, -0.25) is 4.79 Å². The van der Waals surface area contributed by atoms with E-state index in [0.29, 0.717) is 25.8 Å². The van der Waals surface area contributed by atoms with Gasteiger partial charge < -0.3 is 15.7 Å². The minimum atomic E-state index is -2.89. The van der Waals surface area contributed by atoms with Gasteiger partial charge in [0, 0.05) is 12.6 Å². The van der Waals surface area contributed by atoms with E-state index in [1.807, 2.05) is 0 Å². The van der Waals surface area contributed by atoms with Crippen molar-refractivity contribution in [2.24, 2.45) is 0 Å². The zero-order valence-electron chi connectivity index (χ0n) is 9.55. The fraction of sp³-hybridized carbons (Fsp3) is 0.900. The van der Waals surface area contributed by atoms with Crippen LogP contribution in [0.4, 0.5) is 0 Å². The predicted octanol–water partition coefficient (Wildman–Crippen LogP) is -1.60. The average molecular weight is 262 g/mol. The van der Waals surface area contributed by atoms with Gasteiger partial charge in [0.1, 0.15) is 9.84 Å². The molecule has 0 aliphatic carbocycles. The molecule has 6 nitrogen and oxygen atoms in total. The summed E-state index contributed by atoms with van der Waals surface area (Å²) in [6.45, 7) is 0.442. The van der Waals surface area contributed by atoms with Gasteiger partial charge in [-0.05, 0) is 19.3 Å². The monoisotopic (exact) mass is 262 g/mol. The van der Waals surface area contributed by atoms with Crippen molar-refractivity contribution in [3.8, 4) is 0 Å². The number of carbonyl (C=O) groups excluding carboxylic acids is 1. The molecule has 0 aromatic rings. The lowest BCUT2D eigenvalue weighted by Gasteiger charge is -2.24. The van der Waals surface area contributed by atoms with Crippen molar-refractivity contribution in [2.45, 2.75) is 37.5 Å². The van der Waals surface area contributed by atoms with E-state index in [1.54, 1.807) is 0 Å². The normalized spacial score (nSPS) is 33.5. The van der Waals surface area contributed by atoms with E-state index in [0.717, 1.165) is 0 Å². The van der Waals surface area contributed by atoms with Gasteiger partial charge in [0.2, 0.25) is 5.91 Å². The Balaban J connectivity index is 1.80. The first-order chi connectivity index (χ1) is 7.96. The molecule has 17 heavy (non-hydrogen) atoms. The van der Waals surface area contributed by atoms with Crippen LogP contribution in [0.3, 0.4) is 0 Å². The molecule has 0 aromatic heterocycles. The molecule has 0 aromatic carbocycles. The van der Waals surface area contributed by atoms with Crippen molar-refractivity contribution in [2.75, 3.05) is 18.1 Å². The third-order valence-electron chi connectivity index (χ3n) is 3.33. The molecule has 0 spiro atoms. The van der Waals surface area contributed by atoms with Crippen LogP contribution in [0, 0.1) is 0 Å². The maximum absolute atomic E-state index is 11.8. The number of aliphatic hydroxyl groups excluding tert-OH is 1. The Morgan fingerprint density at radius 3 is 2.47 bits per heavy atom. The number of sulfone groups is 1. The van der Waals surface area contributed by atoms with E-state index in [2.05, 4.69) is 10.6 Å². The fourth-order valence-corrected chi connectivity index (χ4v) is 3.74. The molecule has 2 aliphatic heterocycles. The summed E-state index contributed by atoms with van der Waals surface area (Å²) in [5.41, 5.74) is 0. The third-order valence-corrected chi connectivity index (χ3v) is 5.04. The Kier molecular flexibility index (Phi) is 3.70. The summed E-state index contributed by atoms with van der Waals surface area (Å²) in [6, 6.07) is -0.394. The summed E-state index contributed by atoms with van der Waals surface area (Å²) in [4.78, 5) is 11.8. The molecule has 2 rings (SSSR count). The molecule has 2 fully saturated rings. The largest absolute Gasteiger partial charge is 0.392 e. The standard InChI is InChI=1S/C10H18N2O4S/c13-8-5-9(11-6-8)10(14)12-7-1-3-17(15,16)4-2-7/h7-9,11,13H,1-6H2,(H,12,14). The highest BCUT2D eigenvalue weighted by atomic mass is 32.2. The molecule has 98 valence electrons. The number of carbonyl (C=O) groups is 1. The summed E-state index contributed by atoms with van der Waals surface area (Å²) < 4.78 is 22.4. The molecule has 2 atom stereocenters. The number of hydrogen-bond acceptors (Lipinski definition) is 5. The van der Waals surface area contributed by atoms with E-state index < -0.39 is 15.9 Å². The smallest absolute Gasteiger partial charge is 0.237 e. The Morgan fingerprint density at radius 1 is 1.29 bits per heavy atom. The summed E-state index contributed by atoms with van der Waals surface area (Å²) in [6.07, 6.45) is 0.946. The minimum Gasteiger partial charge on any atom is -0.392 e. The predicted molar refractivity (Wildman–Crippen MR) is 62.2 cm³/mol. The van der Waals surface area contributed by atoms with E-state index >= 15 is 0 Å². The van der Waals surface area contributed by atoms with Crippen LogP contribution in [0.15, 0.2) is 0 Å². The number of nitrogens with one attached hydrogen (secondary N) is 2.